The van der Waals surface area contributed by atoms with Gasteiger partial charge >= 0.3 is 138 Å². The molecule has 3 aromatic carbocycles. The average Bonchev–Trinajstić information content (AvgIpc) is 2.91. The number of alkyl halides is 1. The molecule has 44 heavy (non-hydrogen) atoms. The van der Waals surface area contributed by atoms with Gasteiger partial charge < -0.3 is 36.0 Å². The van der Waals surface area contributed by atoms with E-state index in [0.29, 0.717) is 58.7 Å². The zero-order valence-corrected chi connectivity index (χ0v) is 45.9. The maximum atomic E-state index is 9.10. The molecule has 2 N–H and O–H groups in total. The van der Waals surface area contributed by atoms with Gasteiger partial charge in [-0.05, 0) is 95.4 Å². The summed E-state index contributed by atoms with van der Waals surface area (Å²) in [5.41, 5.74) is 0. The third-order valence-electron chi connectivity index (χ3n) is 3.60. The van der Waals surface area contributed by atoms with Crippen molar-refractivity contribution in [3.8, 4) is 17.2 Å². The first-order valence-corrected chi connectivity index (χ1v) is 15.9. The summed E-state index contributed by atoms with van der Waals surface area (Å²) in [6, 6.07) is 11.2. The fourth-order valence-electron chi connectivity index (χ4n) is 1.98. The number of ether oxygens (including phenoxy) is 3. The van der Waals surface area contributed by atoms with Crippen LogP contribution in [0.25, 0.3) is 0 Å². The quantitative estimate of drug-likeness (QED) is 0.0538. The van der Waals surface area contributed by atoms with Gasteiger partial charge in [-0.25, -0.2) is 0 Å². The summed E-state index contributed by atoms with van der Waals surface area (Å²) in [6.45, 7) is 5.17. The molecule has 0 heterocycles. The van der Waals surface area contributed by atoms with E-state index in [9.17, 15) is 0 Å². The maximum absolute atomic E-state index is 9.10. The molecule has 0 aliphatic rings. The van der Waals surface area contributed by atoms with E-state index in [1.165, 1.54) is 18.2 Å². The first-order chi connectivity index (χ1) is 19.8. The SMILES string of the molecule is CCOCCl.CCOCOc1cc(Cl)cc(Cl)c1I.O=CO[O-].Oc1cc(Cl)cc(Cl)c1.Oc1cc(Cl)cc(Cl)c1I.[Cs+].[Cs+].[H-]. The minimum atomic E-state index is -0.181. The molecule has 0 unspecified atom stereocenters. The molecule has 0 fully saturated rings. The number of aromatic hydroxyl groups is 2. The van der Waals surface area contributed by atoms with Crippen LogP contribution in [-0.2, 0) is 19.2 Å². The van der Waals surface area contributed by atoms with Crippen LogP contribution in [0.4, 0.5) is 0 Å². The fourth-order valence-corrected chi connectivity index (χ4v) is 4.39. The van der Waals surface area contributed by atoms with Crippen LogP contribution in [0.2, 0.25) is 30.1 Å². The molecule has 3 aromatic rings. The normalized spacial score (nSPS) is 8.91. The smallest absolute Gasteiger partial charge is 1.00 e. The Morgan fingerprint density at radius 3 is 1.57 bits per heavy atom. The van der Waals surface area contributed by atoms with Gasteiger partial charge in [-0.3, -0.25) is 4.79 Å². The van der Waals surface area contributed by atoms with Crippen LogP contribution in [0.15, 0.2) is 42.5 Å². The third-order valence-corrected chi connectivity index (χ3v) is 8.11. The van der Waals surface area contributed by atoms with E-state index in [0.717, 1.165) is 3.57 Å². The van der Waals surface area contributed by atoms with Crippen molar-refractivity contribution in [2.75, 3.05) is 26.1 Å². The zero-order valence-electron chi connectivity index (χ0n) is 24.7. The third kappa shape index (κ3) is 29.7. The van der Waals surface area contributed by atoms with Crippen molar-refractivity contribution in [1.29, 1.82) is 0 Å². The van der Waals surface area contributed by atoms with E-state index in [-0.39, 0.29) is 164 Å². The second kappa shape index (κ2) is 35.4. The van der Waals surface area contributed by atoms with Crippen molar-refractivity contribution in [2.24, 2.45) is 0 Å². The molecule has 0 spiro atoms. The van der Waals surface area contributed by atoms with E-state index in [2.05, 4.69) is 32.2 Å². The number of phenols is 2. The monoisotopic (exact) mass is 1220 g/mol. The number of benzene rings is 3. The van der Waals surface area contributed by atoms with Gasteiger partial charge in [-0.15, -0.1) is 0 Å². The number of phenolic OH excluding ortho intramolecular Hbond substituents is 2. The number of carbonyl (C=O) groups is 1. The Kier molecular flexibility index (Phi) is 44.1. The van der Waals surface area contributed by atoms with E-state index in [4.69, 9.17) is 111 Å². The van der Waals surface area contributed by atoms with Crippen molar-refractivity contribution in [1.82, 2.24) is 0 Å². The van der Waals surface area contributed by atoms with Gasteiger partial charge in [0.2, 0.25) is 0 Å². The number of hydrogen-bond acceptors (Lipinski definition) is 8. The first kappa shape index (κ1) is 54.8. The van der Waals surface area contributed by atoms with Crippen molar-refractivity contribution < 1.29 is 179 Å². The van der Waals surface area contributed by atoms with Crippen molar-refractivity contribution in [3.05, 3.63) is 79.7 Å². The standard InChI is InChI=1S/C9H9Cl2IO2.C6H3Cl2IO.C6H4Cl2O.C3H7ClO.CH2O3.2Cs.H/c1-2-13-5-14-8-4-6(10)3-7(11)9(8)12;7-3-1-4(8)6(9)5(10)2-3;7-4-1-5(8)3-6(9)2-4;1-2-5-3-4;2-1-4-3;;;/h3-4H,2,5H2,1H3;1-2,10H;1-3,9H;2-3H2,1H3;1,3H;;;/q;;;;;2*+1;-1/p-1. The molecule has 238 valence electrons. The summed E-state index contributed by atoms with van der Waals surface area (Å²) in [5, 5.41) is 29.3. The minimum Gasteiger partial charge on any atom is -1.00 e. The molecule has 0 radical (unpaired) electrons. The Morgan fingerprint density at radius 2 is 1.20 bits per heavy atom. The van der Waals surface area contributed by atoms with Crippen molar-refractivity contribution in [2.45, 2.75) is 13.8 Å². The fraction of sp³-hybridized carbons (Fsp3) is 0.240. The average molecular weight is 1220 g/mol. The molecule has 3 rings (SSSR count). The van der Waals surface area contributed by atoms with Crippen molar-refractivity contribution >= 4 is 133 Å². The minimum absolute atomic E-state index is 0. The molecular formula is C25H25Cl7Cs2I2O8. The van der Waals surface area contributed by atoms with Gasteiger partial charge in [0.1, 0.15) is 23.3 Å². The predicted octanol–water partition coefficient (Wildman–Crippen LogP) is 3.75. The largest absolute Gasteiger partial charge is 1.00 e. The Hall–Kier alpha value is 4.00. The van der Waals surface area contributed by atoms with Crippen LogP contribution in [0.3, 0.4) is 0 Å². The number of carbonyl (C=O) groups excluding carboxylic acids is 1. The van der Waals surface area contributed by atoms with Crippen molar-refractivity contribution in [3.63, 3.8) is 0 Å². The van der Waals surface area contributed by atoms with Crippen LogP contribution in [0, 0.1) is 7.14 Å². The summed E-state index contributed by atoms with van der Waals surface area (Å²) in [6.07, 6.45) is 0. The van der Waals surface area contributed by atoms with Crippen LogP contribution in [0.1, 0.15) is 15.3 Å². The molecule has 0 saturated carbocycles. The summed E-state index contributed by atoms with van der Waals surface area (Å²) >= 11 is 43.1. The van der Waals surface area contributed by atoms with Crippen LogP contribution in [-0.4, -0.2) is 42.8 Å². The van der Waals surface area contributed by atoms with E-state index in [1.54, 1.807) is 24.3 Å². The molecule has 0 aromatic heterocycles. The molecule has 0 saturated heterocycles. The van der Waals surface area contributed by atoms with E-state index in [1.807, 2.05) is 36.4 Å². The molecule has 0 aliphatic carbocycles. The summed E-state index contributed by atoms with van der Waals surface area (Å²) < 4.78 is 16.5. The van der Waals surface area contributed by atoms with E-state index < -0.39 is 0 Å². The van der Waals surface area contributed by atoms with Gasteiger partial charge in [-0.2, -0.15) is 0 Å². The Balaban J connectivity index is -0.000000155. The maximum Gasteiger partial charge on any atom is 1.00 e. The molecular weight excluding hydrogens is 1200 g/mol. The summed E-state index contributed by atoms with van der Waals surface area (Å²) in [7, 11) is 0. The first-order valence-electron chi connectivity index (χ1n) is 11.0. The zero-order chi connectivity index (χ0) is 32.7. The number of halogens is 9. The molecule has 8 nitrogen and oxygen atoms in total. The predicted molar refractivity (Wildman–Crippen MR) is 186 cm³/mol. The Labute approximate surface area is 438 Å². The molecule has 19 heteroatoms. The molecule has 0 amide bonds. The van der Waals surface area contributed by atoms with Gasteiger partial charge in [0, 0.05) is 39.4 Å². The van der Waals surface area contributed by atoms with Gasteiger partial charge in [0.15, 0.2) is 6.79 Å². The molecule has 0 aliphatic heterocycles. The van der Waals surface area contributed by atoms with Gasteiger partial charge in [0.05, 0.1) is 17.2 Å². The second-order valence-corrected chi connectivity index (χ2v) is 11.5. The Bertz CT molecular complexity index is 1140. The number of hydrogen-bond donors (Lipinski definition) is 2. The van der Waals surface area contributed by atoms with Crippen LogP contribution < -0.4 is 148 Å². The molecule has 0 atom stereocenters. The summed E-state index contributed by atoms with van der Waals surface area (Å²) in [4.78, 5) is 11.2. The van der Waals surface area contributed by atoms with Gasteiger partial charge in [0.25, 0.3) is 6.47 Å². The number of rotatable bonds is 7. The van der Waals surface area contributed by atoms with Crippen LogP contribution in [0.5, 0.6) is 17.2 Å². The van der Waals surface area contributed by atoms with Gasteiger partial charge in [-0.1, -0.05) is 81.2 Å². The summed E-state index contributed by atoms with van der Waals surface area (Å²) in [5.74, 6) is 0.863. The Morgan fingerprint density at radius 1 is 0.773 bits per heavy atom. The molecule has 0 bridgehead atoms. The second-order valence-electron chi connectivity index (χ2n) is 6.60. The van der Waals surface area contributed by atoms with Crippen LogP contribution >= 0.6 is 126 Å². The van der Waals surface area contributed by atoms with E-state index >= 15 is 0 Å². The topological polar surface area (TPSA) is 118 Å².